The van der Waals surface area contributed by atoms with Gasteiger partial charge in [-0.1, -0.05) is 45.0 Å². The van der Waals surface area contributed by atoms with Crippen molar-refractivity contribution in [3.05, 3.63) is 59.5 Å². The summed E-state index contributed by atoms with van der Waals surface area (Å²) in [6.07, 6.45) is 3.99. The van der Waals surface area contributed by atoms with Gasteiger partial charge in [-0.3, -0.25) is 14.5 Å². The molecule has 1 fully saturated rings. The number of benzene rings is 1. The summed E-state index contributed by atoms with van der Waals surface area (Å²) in [5.74, 6) is 0.415. The lowest BCUT2D eigenvalue weighted by molar-refractivity contribution is -0.124. The number of nitrogens with zero attached hydrogens (tertiary/aromatic N) is 1. The molecule has 6 heteroatoms. The second-order valence-electron chi connectivity index (χ2n) is 8.67. The first-order valence-electron chi connectivity index (χ1n) is 10.8. The molecule has 2 N–H and O–H groups in total. The second-order valence-corrected chi connectivity index (χ2v) is 8.67. The molecule has 0 radical (unpaired) electrons. The van der Waals surface area contributed by atoms with Crippen molar-refractivity contribution in [1.82, 2.24) is 15.5 Å². The average Bonchev–Trinajstić information content (AvgIpc) is 3.27. The smallest absolute Gasteiger partial charge is 0.287 e. The maximum atomic E-state index is 12.7. The minimum atomic E-state index is -0.622. The van der Waals surface area contributed by atoms with Gasteiger partial charge in [0.15, 0.2) is 5.76 Å². The third-order valence-electron chi connectivity index (χ3n) is 5.75. The number of furan rings is 1. The Morgan fingerprint density at radius 2 is 1.77 bits per heavy atom. The van der Waals surface area contributed by atoms with Crippen LogP contribution < -0.4 is 10.6 Å². The van der Waals surface area contributed by atoms with E-state index in [1.54, 1.807) is 12.1 Å². The quantitative estimate of drug-likeness (QED) is 0.696. The van der Waals surface area contributed by atoms with Crippen LogP contribution in [0.3, 0.4) is 0 Å². The zero-order valence-corrected chi connectivity index (χ0v) is 18.2. The highest BCUT2D eigenvalue weighted by molar-refractivity contribution is 5.95. The van der Waals surface area contributed by atoms with Gasteiger partial charge < -0.3 is 15.1 Å². The van der Waals surface area contributed by atoms with Crippen molar-refractivity contribution in [3.8, 4) is 0 Å². The molecule has 1 saturated heterocycles. The van der Waals surface area contributed by atoms with Crippen LogP contribution in [0.5, 0.6) is 0 Å². The lowest BCUT2D eigenvalue weighted by Gasteiger charge is -2.30. The van der Waals surface area contributed by atoms with Crippen LogP contribution in [0, 0.1) is 11.8 Å². The summed E-state index contributed by atoms with van der Waals surface area (Å²) >= 11 is 0. The van der Waals surface area contributed by atoms with E-state index >= 15 is 0 Å². The number of carbonyl (C=O) groups is 2. The van der Waals surface area contributed by atoms with E-state index < -0.39 is 6.04 Å². The summed E-state index contributed by atoms with van der Waals surface area (Å²) in [5, 5.41) is 5.70. The van der Waals surface area contributed by atoms with Crippen LogP contribution in [0.2, 0.25) is 0 Å². The summed E-state index contributed by atoms with van der Waals surface area (Å²) in [6.45, 7) is 9.88. The highest BCUT2D eigenvalue weighted by Gasteiger charge is 2.25. The van der Waals surface area contributed by atoms with E-state index in [0.29, 0.717) is 6.54 Å². The summed E-state index contributed by atoms with van der Waals surface area (Å²) < 4.78 is 5.11. The Balaban J connectivity index is 1.49. The van der Waals surface area contributed by atoms with Crippen LogP contribution in [0.25, 0.3) is 0 Å². The first-order chi connectivity index (χ1) is 14.4. The molecule has 2 amide bonds. The molecule has 0 aliphatic carbocycles. The topological polar surface area (TPSA) is 74.6 Å². The number of rotatable bonds is 8. The monoisotopic (exact) mass is 411 g/mol. The largest absolute Gasteiger partial charge is 0.459 e. The molecular formula is C24H33N3O3. The fraction of sp³-hybridized carbons (Fsp3) is 0.500. The van der Waals surface area contributed by atoms with Gasteiger partial charge in [0.25, 0.3) is 5.91 Å². The second kappa shape index (κ2) is 10.4. The van der Waals surface area contributed by atoms with E-state index in [1.807, 2.05) is 13.8 Å². The van der Waals surface area contributed by atoms with E-state index in [9.17, 15) is 9.59 Å². The zero-order chi connectivity index (χ0) is 21.5. The van der Waals surface area contributed by atoms with Gasteiger partial charge in [0.05, 0.1) is 6.26 Å². The third-order valence-corrected chi connectivity index (χ3v) is 5.75. The van der Waals surface area contributed by atoms with Crippen LogP contribution >= 0.6 is 0 Å². The molecular weight excluding hydrogens is 378 g/mol. The molecule has 30 heavy (non-hydrogen) atoms. The van der Waals surface area contributed by atoms with Crippen molar-refractivity contribution in [1.29, 1.82) is 0 Å². The summed E-state index contributed by atoms with van der Waals surface area (Å²) in [4.78, 5) is 27.4. The SMILES string of the molecule is CC1CCN(Cc2ccc(CNC(=O)[C@H](NC(=O)c3ccco3)C(C)C)cc2)CC1. The number of hydrogen-bond acceptors (Lipinski definition) is 4. The molecule has 2 heterocycles. The number of hydrogen-bond donors (Lipinski definition) is 2. The van der Waals surface area contributed by atoms with Crippen molar-refractivity contribution in [2.75, 3.05) is 13.1 Å². The number of likely N-dealkylation sites (tertiary alicyclic amines) is 1. The molecule has 162 valence electrons. The first kappa shape index (κ1) is 22.1. The van der Waals surface area contributed by atoms with Crippen molar-refractivity contribution in [2.24, 2.45) is 11.8 Å². The minimum Gasteiger partial charge on any atom is -0.459 e. The van der Waals surface area contributed by atoms with Gasteiger partial charge >= 0.3 is 0 Å². The molecule has 1 aromatic carbocycles. The van der Waals surface area contributed by atoms with Gasteiger partial charge in [-0.25, -0.2) is 0 Å². The van der Waals surface area contributed by atoms with Crippen LogP contribution in [0.4, 0.5) is 0 Å². The van der Waals surface area contributed by atoms with Crippen molar-refractivity contribution in [2.45, 2.75) is 52.7 Å². The summed E-state index contributed by atoms with van der Waals surface area (Å²) in [7, 11) is 0. The fourth-order valence-electron chi connectivity index (χ4n) is 3.70. The molecule has 0 unspecified atom stereocenters. The zero-order valence-electron chi connectivity index (χ0n) is 18.2. The van der Waals surface area contributed by atoms with E-state index in [0.717, 1.165) is 18.0 Å². The molecule has 0 saturated carbocycles. The van der Waals surface area contributed by atoms with E-state index in [4.69, 9.17) is 4.42 Å². The third kappa shape index (κ3) is 6.20. The maximum absolute atomic E-state index is 12.7. The predicted molar refractivity (Wildman–Crippen MR) is 117 cm³/mol. The first-order valence-corrected chi connectivity index (χ1v) is 10.8. The fourth-order valence-corrected chi connectivity index (χ4v) is 3.70. The Labute approximate surface area is 179 Å². The molecule has 3 rings (SSSR count). The Morgan fingerprint density at radius 1 is 1.10 bits per heavy atom. The van der Waals surface area contributed by atoms with Crippen molar-refractivity contribution in [3.63, 3.8) is 0 Å². The molecule has 1 atom stereocenters. The van der Waals surface area contributed by atoms with Crippen LogP contribution in [-0.2, 0) is 17.9 Å². The average molecular weight is 412 g/mol. The number of carbonyl (C=O) groups excluding carboxylic acids is 2. The van der Waals surface area contributed by atoms with E-state index in [1.165, 1.54) is 37.8 Å². The minimum absolute atomic E-state index is 0.0430. The highest BCUT2D eigenvalue weighted by atomic mass is 16.3. The Morgan fingerprint density at radius 3 is 2.37 bits per heavy atom. The summed E-state index contributed by atoms with van der Waals surface area (Å²) in [5.41, 5.74) is 2.34. The Hall–Kier alpha value is -2.60. The van der Waals surface area contributed by atoms with Gasteiger partial charge in [-0.05, 0) is 61.0 Å². The Bertz CT molecular complexity index is 807. The number of piperidine rings is 1. The standard InChI is InChI=1S/C24H33N3O3/c1-17(2)22(26-23(28)21-5-4-14-30-21)24(29)25-15-19-6-8-20(9-7-19)16-27-12-10-18(3)11-13-27/h4-9,14,17-18,22H,10-13,15-16H2,1-3H3,(H,25,29)(H,26,28)/t22-/m1/s1. The predicted octanol–water partition coefficient (Wildman–Crippen LogP) is 3.58. The molecule has 0 spiro atoms. The van der Waals surface area contributed by atoms with Gasteiger partial charge in [-0.2, -0.15) is 0 Å². The molecule has 1 aliphatic heterocycles. The highest BCUT2D eigenvalue weighted by Crippen LogP contribution is 2.18. The van der Waals surface area contributed by atoms with E-state index in [-0.39, 0.29) is 23.5 Å². The maximum Gasteiger partial charge on any atom is 0.287 e. The van der Waals surface area contributed by atoms with Crippen LogP contribution in [-0.4, -0.2) is 35.8 Å². The summed E-state index contributed by atoms with van der Waals surface area (Å²) in [6, 6.07) is 11.0. The van der Waals surface area contributed by atoms with Gasteiger partial charge in [0, 0.05) is 13.1 Å². The van der Waals surface area contributed by atoms with Gasteiger partial charge in [0.2, 0.25) is 5.91 Å². The Kier molecular flexibility index (Phi) is 7.69. The number of nitrogens with one attached hydrogen (secondary N) is 2. The van der Waals surface area contributed by atoms with Crippen molar-refractivity contribution >= 4 is 11.8 Å². The molecule has 1 aliphatic rings. The van der Waals surface area contributed by atoms with Crippen LogP contribution in [0.15, 0.2) is 47.1 Å². The lowest BCUT2D eigenvalue weighted by Crippen LogP contribution is -2.49. The molecule has 6 nitrogen and oxygen atoms in total. The number of amides is 2. The molecule has 2 aromatic rings. The normalized spacial score (nSPS) is 16.4. The van der Waals surface area contributed by atoms with Crippen LogP contribution in [0.1, 0.15) is 55.3 Å². The van der Waals surface area contributed by atoms with Crippen molar-refractivity contribution < 1.29 is 14.0 Å². The molecule has 0 bridgehead atoms. The lowest BCUT2D eigenvalue weighted by atomic mass is 9.99. The van der Waals surface area contributed by atoms with Gasteiger partial charge in [0.1, 0.15) is 6.04 Å². The molecule has 1 aromatic heterocycles. The van der Waals surface area contributed by atoms with Gasteiger partial charge in [-0.15, -0.1) is 0 Å². The van der Waals surface area contributed by atoms with E-state index in [2.05, 4.69) is 46.7 Å².